The molecule has 2 rings (SSSR count). The van der Waals surface area contributed by atoms with E-state index < -0.39 is 0 Å². The molecular weight excluding hydrogens is 338 g/mol. The lowest BCUT2D eigenvalue weighted by molar-refractivity contribution is 0.102. The van der Waals surface area contributed by atoms with Gasteiger partial charge < -0.3 is 14.8 Å². The van der Waals surface area contributed by atoms with E-state index in [0.717, 1.165) is 24.3 Å². The van der Waals surface area contributed by atoms with Gasteiger partial charge in [0.15, 0.2) is 0 Å². The summed E-state index contributed by atoms with van der Waals surface area (Å²) in [5, 5.41) is 2.92. The molecule has 0 aliphatic carbocycles. The molecule has 0 aliphatic rings. The van der Waals surface area contributed by atoms with Gasteiger partial charge >= 0.3 is 0 Å². The molecule has 0 unspecified atom stereocenters. The lowest BCUT2D eigenvalue weighted by Crippen LogP contribution is -2.14. The zero-order valence-electron chi connectivity index (χ0n) is 16.8. The van der Waals surface area contributed by atoms with E-state index in [1.165, 1.54) is 0 Å². The van der Waals surface area contributed by atoms with E-state index in [4.69, 9.17) is 9.47 Å². The lowest BCUT2D eigenvalue weighted by Gasteiger charge is -2.13. The Morgan fingerprint density at radius 2 is 1.44 bits per heavy atom. The van der Waals surface area contributed by atoms with Crippen LogP contribution < -0.4 is 14.8 Å². The Morgan fingerprint density at radius 1 is 0.852 bits per heavy atom. The highest BCUT2D eigenvalue weighted by atomic mass is 16.5. The van der Waals surface area contributed by atoms with Crippen LogP contribution in [0.1, 0.15) is 50.9 Å². The average molecular weight is 370 g/mol. The van der Waals surface area contributed by atoms with Crippen molar-refractivity contribution in [1.29, 1.82) is 0 Å². The summed E-state index contributed by atoms with van der Waals surface area (Å²) >= 11 is 0. The molecule has 0 atom stereocenters. The van der Waals surface area contributed by atoms with E-state index in [2.05, 4.69) is 33.0 Å². The van der Waals surface area contributed by atoms with Gasteiger partial charge in [0.2, 0.25) is 0 Å². The molecule has 2 aromatic carbocycles. The van der Waals surface area contributed by atoms with Crippen molar-refractivity contribution in [3.8, 4) is 11.5 Å². The van der Waals surface area contributed by atoms with Crippen LogP contribution in [0.15, 0.2) is 48.5 Å². The number of benzene rings is 2. The van der Waals surface area contributed by atoms with E-state index >= 15 is 0 Å². The van der Waals surface area contributed by atoms with Gasteiger partial charge in [0.05, 0.1) is 18.8 Å². The molecule has 0 radical (unpaired) electrons. The number of hydrogen-bond donors (Lipinski definition) is 1. The van der Waals surface area contributed by atoms with Gasteiger partial charge in [-0.3, -0.25) is 4.79 Å². The van der Waals surface area contributed by atoms with E-state index in [9.17, 15) is 4.79 Å². The summed E-state index contributed by atoms with van der Waals surface area (Å²) < 4.78 is 11.5. The molecule has 0 fully saturated rings. The normalized spacial score (nSPS) is 10.9. The molecule has 0 heterocycles. The van der Waals surface area contributed by atoms with Crippen molar-refractivity contribution in [3.05, 3.63) is 54.1 Å². The minimum atomic E-state index is -0.177. The van der Waals surface area contributed by atoms with Crippen molar-refractivity contribution in [2.24, 2.45) is 11.8 Å². The fourth-order valence-electron chi connectivity index (χ4n) is 2.43. The molecule has 1 N–H and O–H groups in total. The van der Waals surface area contributed by atoms with Gasteiger partial charge in [-0.05, 0) is 61.1 Å². The largest absolute Gasteiger partial charge is 0.494 e. The third kappa shape index (κ3) is 7.33. The monoisotopic (exact) mass is 369 g/mol. The fraction of sp³-hybridized carbons (Fsp3) is 0.435. The van der Waals surface area contributed by atoms with Crippen LogP contribution >= 0.6 is 0 Å². The first-order chi connectivity index (χ1) is 13.0. The molecule has 0 aromatic heterocycles. The van der Waals surface area contributed by atoms with Crippen LogP contribution in [-0.4, -0.2) is 19.1 Å². The van der Waals surface area contributed by atoms with Gasteiger partial charge in [0.1, 0.15) is 11.5 Å². The van der Waals surface area contributed by atoms with Crippen molar-refractivity contribution in [3.63, 3.8) is 0 Å². The number of para-hydroxylation sites is 1. The number of rotatable bonds is 10. The summed E-state index contributed by atoms with van der Waals surface area (Å²) in [6.07, 6.45) is 1.97. The Hall–Kier alpha value is -2.49. The van der Waals surface area contributed by atoms with E-state index in [0.29, 0.717) is 36.4 Å². The summed E-state index contributed by atoms with van der Waals surface area (Å²) in [7, 11) is 0. The molecule has 1 amide bonds. The summed E-state index contributed by atoms with van der Waals surface area (Å²) in [4.78, 5) is 12.6. The Labute approximate surface area is 162 Å². The van der Waals surface area contributed by atoms with Crippen molar-refractivity contribution in [2.75, 3.05) is 18.5 Å². The number of hydrogen-bond acceptors (Lipinski definition) is 3. The highest BCUT2D eigenvalue weighted by Gasteiger charge is 2.12. The van der Waals surface area contributed by atoms with Crippen LogP contribution in [0.4, 0.5) is 5.69 Å². The first kappa shape index (κ1) is 20.8. The minimum absolute atomic E-state index is 0.177. The molecule has 4 nitrogen and oxygen atoms in total. The third-order valence-electron chi connectivity index (χ3n) is 4.16. The molecule has 0 spiro atoms. The lowest BCUT2D eigenvalue weighted by atomic mass is 10.1. The summed E-state index contributed by atoms with van der Waals surface area (Å²) in [6.45, 7) is 9.95. The minimum Gasteiger partial charge on any atom is -0.494 e. The quantitative estimate of drug-likeness (QED) is 0.577. The number of carbonyl (C=O) groups excluding carboxylic acids is 1. The van der Waals surface area contributed by atoms with Gasteiger partial charge in [-0.1, -0.05) is 39.8 Å². The summed E-state index contributed by atoms with van der Waals surface area (Å²) in [6, 6.07) is 14.8. The Morgan fingerprint density at radius 3 is 2.07 bits per heavy atom. The topological polar surface area (TPSA) is 47.6 Å². The maximum Gasteiger partial charge on any atom is 0.259 e. The smallest absolute Gasteiger partial charge is 0.259 e. The van der Waals surface area contributed by atoms with Gasteiger partial charge in [0.25, 0.3) is 5.91 Å². The van der Waals surface area contributed by atoms with Crippen LogP contribution in [0.2, 0.25) is 0 Å². The predicted molar refractivity (Wildman–Crippen MR) is 111 cm³/mol. The highest BCUT2D eigenvalue weighted by molar-refractivity contribution is 6.06. The van der Waals surface area contributed by atoms with Crippen LogP contribution in [0.5, 0.6) is 11.5 Å². The number of ether oxygens (including phenoxy) is 2. The zero-order chi connectivity index (χ0) is 19.6. The maximum absolute atomic E-state index is 12.6. The summed E-state index contributed by atoms with van der Waals surface area (Å²) in [5.74, 6) is 2.43. The van der Waals surface area contributed by atoms with E-state index in [1.807, 2.05) is 42.5 Å². The van der Waals surface area contributed by atoms with Crippen molar-refractivity contribution in [2.45, 2.75) is 40.5 Å². The maximum atomic E-state index is 12.6. The fourth-order valence-corrected chi connectivity index (χ4v) is 2.43. The average Bonchev–Trinajstić information content (AvgIpc) is 2.63. The SMILES string of the molecule is CC(C)CCOc1ccc(NC(=O)c2ccccc2OCCC(C)C)cc1. The summed E-state index contributed by atoms with van der Waals surface area (Å²) in [5.41, 5.74) is 1.27. The van der Waals surface area contributed by atoms with Gasteiger partial charge in [-0.15, -0.1) is 0 Å². The molecule has 4 heteroatoms. The number of anilines is 1. The molecular formula is C23H31NO3. The van der Waals surface area contributed by atoms with Gasteiger partial charge in [0, 0.05) is 5.69 Å². The first-order valence-electron chi connectivity index (χ1n) is 9.71. The van der Waals surface area contributed by atoms with Gasteiger partial charge in [-0.2, -0.15) is 0 Å². The Balaban J connectivity index is 1.94. The second-order valence-electron chi connectivity index (χ2n) is 7.54. The molecule has 0 bridgehead atoms. The standard InChI is InChI=1S/C23H31NO3/c1-17(2)13-15-26-20-11-9-19(10-12-20)24-23(25)21-7-5-6-8-22(21)27-16-14-18(3)4/h5-12,17-18H,13-16H2,1-4H3,(H,24,25). The Kier molecular flexibility index (Phi) is 8.18. The number of carbonyl (C=O) groups is 1. The predicted octanol–water partition coefficient (Wildman–Crippen LogP) is 5.79. The van der Waals surface area contributed by atoms with Crippen LogP contribution in [0.25, 0.3) is 0 Å². The third-order valence-corrected chi connectivity index (χ3v) is 4.16. The molecule has 2 aromatic rings. The molecule has 0 aliphatic heterocycles. The van der Waals surface area contributed by atoms with Crippen molar-refractivity contribution < 1.29 is 14.3 Å². The first-order valence-corrected chi connectivity index (χ1v) is 9.71. The Bertz CT molecular complexity index is 708. The van der Waals surface area contributed by atoms with Crippen molar-refractivity contribution >= 4 is 11.6 Å². The molecule has 146 valence electrons. The van der Waals surface area contributed by atoms with E-state index in [-0.39, 0.29) is 5.91 Å². The highest BCUT2D eigenvalue weighted by Crippen LogP contribution is 2.22. The molecule has 27 heavy (non-hydrogen) atoms. The van der Waals surface area contributed by atoms with Crippen LogP contribution in [0, 0.1) is 11.8 Å². The van der Waals surface area contributed by atoms with Crippen molar-refractivity contribution in [1.82, 2.24) is 0 Å². The molecule has 0 saturated heterocycles. The van der Waals surface area contributed by atoms with Crippen LogP contribution in [0.3, 0.4) is 0 Å². The van der Waals surface area contributed by atoms with Crippen LogP contribution in [-0.2, 0) is 0 Å². The van der Waals surface area contributed by atoms with E-state index in [1.54, 1.807) is 6.07 Å². The zero-order valence-corrected chi connectivity index (χ0v) is 16.8. The molecule has 0 saturated carbocycles. The number of nitrogens with one attached hydrogen (secondary N) is 1. The van der Waals surface area contributed by atoms with Gasteiger partial charge in [-0.25, -0.2) is 0 Å². The second-order valence-corrected chi connectivity index (χ2v) is 7.54. The second kappa shape index (κ2) is 10.6. The number of amides is 1.